The van der Waals surface area contributed by atoms with E-state index in [2.05, 4.69) is 0 Å². The molecule has 3 aromatic rings. The first-order chi connectivity index (χ1) is 13.6. The molecule has 28 heavy (non-hydrogen) atoms. The van der Waals surface area contributed by atoms with Crippen LogP contribution in [0.25, 0.3) is 10.9 Å². The van der Waals surface area contributed by atoms with Crippen LogP contribution in [0.15, 0.2) is 52.4 Å². The van der Waals surface area contributed by atoms with E-state index in [1.54, 1.807) is 29.9 Å². The highest BCUT2D eigenvalue weighted by Gasteiger charge is 2.20. The molecule has 1 aliphatic heterocycles. The minimum atomic E-state index is -0.0506. The Balaban J connectivity index is 1.70. The van der Waals surface area contributed by atoms with Crippen LogP contribution in [0.4, 0.5) is 0 Å². The third-order valence-electron chi connectivity index (χ3n) is 4.79. The molecule has 1 saturated heterocycles. The average Bonchev–Trinajstić information content (AvgIpc) is 3.22. The highest BCUT2D eigenvalue weighted by atomic mass is 35.5. The zero-order valence-electron chi connectivity index (χ0n) is 15.6. The standard InChI is InChI=1S/C21H21ClN2O3S/c1-26-16-5-2-4-14(10-16)13-28-21-23-19-11-15(22)7-8-18(19)20(25)24(21)12-17-6-3-9-27-17/h2,4-5,7-8,10-11,17H,3,6,9,12-13H2,1H3/t17-/m1/s1. The predicted octanol–water partition coefficient (Wildman–Crippen LogP) is 4.53. The summed E-state index contributed by atoms with van der Waals surface area (Å²) >= 11 is 7.65. The number of fused-ring (bicyclic) bond motifs is 1. The van der Waals surface area contributed by atoms with Gasteiger partial charge in [-0.25, -0.2) is 4.98 Å². The number of hydrogen-bond acceptors (Lipinski definition) is 5. The summed E-state index contributed by atoms with van der Waals surface area (Å²) in [5.41, 5.74) is 1.67. The first kappa shape index (κ1) is 19.3. The molecular weight excluding hydrogens is 396 g/mol. The van der Waals surface area contributed by atoms with Crippen molar-refractivity contribution in [2.75, 3.05) is 13.7 Å². The topological polar surface area (TPSA) is 53.3 Å². The Kier molecular flexibility index (Phi) is 5.90. The van der Waals surface area contributed by atoms with Crippen LogP contribution in [0.5, 0.6) is 5.75 Å². The van der Waals surface area contributed by atoms with Crippen LogP contribution in [0, 0.1) is 0 Å². The highest BCUT2D eigenvalue weighted by Crippen LogP contribution is 2.26. The lowest BCUT2D eigenvalue weighted by molar-refractivity contribution is 0.0937. The van der Waals surface area contributed by atoms with E-state index in [1.807, 2.05) is 24.3 Å². The summed E-state index contributed by atoms with van der Waals surface area (Å²) in [5.74, 6) is 1.49. The van der Waals surface area contributed by atoms with Crippen LogP contribution in [-0.2, 0) is 17.0 Å². The first-order valence-electron chi connectivity index (χ1n) is 9.21. The zero-order valence-corrected chi connectivity index (χ0v) is 17.1. The minimum absolute atomic E-state index is 0.0506. The largest absolute Gasteiger partial charge is 0.497 e. The smallest absolute Gasteiger partial charge is 0.262 e. The average molecular weight is 417 g/mol. The second-order valence-electron chi connectivity index (χ2n) is 6.75. The molecule has 1 fully saturated rings. The fourth-order valence-corrected chi connectivity index (χ4v) is 4.46. The molecule has 1 aromatic heterocycles. The maximum atomic E-state index is 13.2. The molecule has 0 amide bonds. The molecule has 0 aliphatic carbocycles. The number of thioether (sulfide) groups is 1. The van der Waals surface area contributed by atoms with Gasteiger partial charge in [0.1, 0.15) is 5.75 Å². The fraction of sp³-hybridized carbons (Fsp3) is 0.333. The normalized spacial score (nSPS) is 16.6. The fourth-order valence-electron chi connectivity index (χ4n) is 3.35. The van der Waals surface area contributed by atoms with E-state index in [1.165, 1.54) is 11.8 Å². The van der Waals surface area contributed by atoms with E-state index in [9.17, 15) is 4.79 Å². The molecule has 146 valence electrons. The van der Waals surface area contributed by atoms with Gasteiger partial charge in [0, 0.05) is 17.4 Å². The van der Waals surface area contributed by atoms with E-state index in [4.69, 9.17) is 26.1 Å². The van der Waals surface area contributed by atoms with Gasteiger partial charge in [0.05, 0.1) is 30.7 Å². The van der Waals surface area contributed by atoms with Crippen LogP contribution >= 0.6 is 23.4 Å². The summed E-state index contributed by atoms with van der Waals surface area (Å²) in [7, 11) is 1.65. The lowest BCUT2D eigenvalue weighted by Crippen LogP contribution is -2.28. The number of ether oxygens (including phenoxy) is 2. The Labute approximate surface area is 172 Å². The third-order valence-corrected chi connectivity index (χ3v) is 6.08. The maximum Gasteiger partial charge on any atom is 0.262 e. The molecule has 7 heteroatoms. The monoisotopic (exact) mass is 416 g/mol. The van der Waals surface area contributed by atoms with E-state index >= 15 is 0 Å². The first-order valence-corrected chi connectivity index (χ1v) is 10.6. The molecule has 5 nitrogen and oxygen atoms in total. The van der Waals surface area contributed by atoms with Gasteiger partial charge in [-0.1, -0.05) is 35.5 Å². The summed E-state index contributed by atoms with van der Waals surface area (Å²) in [6.45, 7) is 1.27. The van der Waals surface area contributed by atoms with Crippen molar-refractivity contribution in [3.63, 3.8) is 0 Å². The van der Waals surface area contributed by atoms with Gasteiger partial charge >= 0.3 is 0 Å². The Morgan fingerprint density at radius 1 is 1.32 bits per heavy atom. The summed E-state index contributed by atoms with van der Waals surface area (Å²) in [5, 5.41) is 1.83. The van der Waals surface area contributed by atoms with Crippen molar-refractivity contribution in [2.24, 2.45) is 0 Å². The third kappa shape index (κ3) is 4.19. The SMILES string of the molecule is COc1cccc(CSc2nc3cc(Cl)ccc3c(=O)n2C[C@H]2CCCO2)c1. The van der Waals surface area contributed by atoms with E-state index in [0.29, 0.717) is 33.4 Å². The van der Waals surface area contributed by atoms with Gasteiger partial charge < -0.3 is 9.47 Å². The van der Waals surface area contributed by atoms with Gasteiger partial charge in [-0.2, -0.15) is 0 Å². The Bertz CT molecular complexity index is 1050. The maximum absolute atomic E-state index is 13.2. The number of nitrogens with zero attached hydrogens (tertiary/aromatic N) is 2. The number of hydrogen-bond donors (Lipinski definition) is 0. The Morgan fingerprint density at radius 2 is 2.21 bits per heavy atom. The molecule has 0 saturated carbocycles. The van der Waals surface area contributed by atoms with Crippen molar-refractivity contribution in [1.82, 2.24) is 9.55 Å². The van der Waals surface area contributed by atoms with Crippen molar-refractivity contribution in [3.05, 3.63) is 63.4 Å². The number of aromatic nitrogens is 2. The molecule has 2 aromatic carbocycles. The lowest BCUT2D eigenvalue weighted by atomic mass is 10.2. The molecule has 2 heterocycles. The predicted molar refractivity (Wildman–Crippen MR) is 113 cm³/mol. The zero-order chi connectivity index (χ0) is 19.5. The molecule has 0 unspecified atom stereocenters. The summed E-state index contributed by atoms with van der Waals surface area (Å²) < 4.78 is 12.8. The second-order valence-corrected chi connectivity index (χ2v) is 8.13. The van der Waals surface area contributed by atoms with Crippen molar-refractivity contribution in [1.29, 1.82) is 0 Å². The van der Waals surface area contributed by atoms with Crippen LogP contribution in [-0.4, -0.2) is 29.4 Å². The van der Waals surface area contributed by atoms with Crippen molar-refractivity contribution >= 4 is 34.3 Å². The number of rotatable bonds is 6. The van der Waals surface area contributed by atoms with E-state index in [-0.39, 0.29) is 11.7 Å². The highest BCUT2D eigenvalue weighted by molar-refractivity contribution is 7.98. The van der Waals surface area contributed by atoms with Gasteiger partial charge in [0.15, 0.2) is 5.16 Å². The van der Waals surface area contributed by atoms with E-state index in [0.717, 1.165) is 30.8 Å². The lowest BCUT2D eigenvalue weighted by Gasteiger charge is -2.16. The second kappa shape index (κ2) is 8.55. The number of benzene rings is 2. The molecule has 1 atom stereocenters. The summed E-state index contributed by atoms with van der Waals surface area (Å²) in [6, 6.07) is 13.1. The van der Waals surface area contributed by atoms with Gasteiger partial charge in [0.25, 0.3) is 5.56 Å². The summed E-state index contributed by atoms with van der Waals surface area (Å²) in [6.07, 6.45) is 2.05. The molecule has 1 aliphatic rings. The van der Waals surface area contributed by atoms with Crippen LogP contribution in [0.1, 0.15) is 18.4 Å². The Morgan fingerprint density at radius 3 is 3.00 bits per heavy atom. The van der Waals surface area contributed by atoms with Gasteiger partial charge in [-0.3, -0.25) is 9.36 Å². The summed E-state index contributed by atoms with van der Waals surface area (Å²) in [4.78, 5) is 17.9. The quantitative estimate of drug-likeness (QED) is 0.436. The molecule has 0 N–H and O–H groups in total. The van der Waals surface area contributed by atoms with Gasteiger partial charge in [0.2, 0.25) is 0 Å². The van der Waals surface area contributed by atoms with Crippen molar-refractivity contribution in [3.8, 4) is 5.75 Å². The molecule has 4 rings (SSSR count). The van der Waals surface area contributed by atoms with Gasteiger partial charge in [-0.15, -0.1) is 0 Å². The van der Waals surface area contributed by atoms with Crippen molar-refractivity contribution in [2.45, 2.75) is 36.4 Å². The van der Waals surface area contributed by atoms with Crippen molar-refractivity contribution < 1.29 is 9.47 Å². The van der Waals surface area contributed by atoms with Gasteiger partial charge in [-0.05, 0) is 48.7 Å². The van der Waals surface area contributed by atoms with E-state index < -0.39 is 0 Å². The minimum Gasteiger partial charge on any atom is -0.497 e. The molecular formula is C21H21ClN2O3S. The molecule has 0 radical (unpaired) electrons. The number of methoxy groups -OCH3 is 1. The van der Waals surface area contributed by atoms with Crippen LogP contribution in [0.3, 0.4) is 0 Å². The van der Waals surface area contributed by atoms with Crippen LogP contribution < -0.4 is 10.3 Å². The van der Waals surface area contributed by atoms with Crippen LogP contribution in [0.2, 0.25) is 5.02 Å². The number of halogens is 1. The molecule has 0 bridgehead atoms. The Hall–Kier alpha value is -2.02. The molecule has 0 spiro atoms.